The van der Waals surface area contributed by atoms with Crippen molar-refractivity contribution in [3.8, 4) is 0 Å². The Kier molecular flexibility index (Phi) is 3.94. The van der Waals surface area contributed by atoms with Gasteiger partial charge in [-0.05, 0) is 38.5 Å². The first-order valence-electron chi connectivity index (χ1n) is 4.96. The molecular weight excluding hydrogens is 228 g/mol. The molecule has 16 heavy (non-hydrogen) atoms. The number of benzene rings is 1. The number of carboxylic acid groups (broad SMARTS) is 1. The van der Waals surface area contributed by atoms with Gasteiger partial charge in [-0.25, -0.2) is 4.79 Å². The van der Waals surface area contributed by atoms with Gasteiger partial charge in [-0.15, -0.1) is 0 Å². The van der Waals surface area contributed by atoms with Crippen LogP contribution in [0.3, 0.4) is 0 Å². The van der Waals surface area contributed by atoms with Crippen molar-refractivity contribution in [2.45, 2.75) is 32.5 Å². The maximum atomic E-state index is 11.1. The molecule has 1 rings (SSSR count). The van der Waals surface area contributed by atoms with Crippen LogP contribution in [0.2, 0.25) is 5.02 Å². The van der Waals surface area contributed by atoms with Crippen molar-refractivity contribution in [3.63, 3.8) is 0 Å². The van der Waals surface area contributed by atoms with E-state index in [4.69, 9.17) is 21.4 Å². The van der Waals surface area contributed by atoms with Gasteiger partial charge >= 0.3 is 5.97 Å². The van der Waals surface area contributed by atoms with Crippen molar-refractivity contribution < 1.29 is 14.6 Å². The molecule has 0 amide bonds. The topological polar surface area (TPSA) is 46.5 Å². The molecule has 88 valence electrons. The van der Waals surface area contributed by atoms with Crippen LogP contribution in [-0.4, -0.2) is 16.7 Å². The standard InChI is InChI=1S/C12H15ClO3/c1-12(2,3)16-10(11(14)15)8-5-4-6-9(13)7-8/h4-7,10H,1-3H3,(H,14,15). The summed E-state index contributed by atoms with van der Waals surface area (Å²) in [6, 6.07) is 6.70. The molecular formula is C12H15ClO3. The lowest BCUT2D eigenvalue weighted by Gasteiger charge is -2.25. The van der Waals surface area contributed by atoms with Gasteiger partial charge in [0.05, 0.1) is 5.60 Å². The second-order valence-electron chi connectivity index (χ2n) is 4.50. The Morgan fingerprint density at radius 3 is 2.50 bits per heavy atom. The number of hydrogen-bond acceptors (Lipinski definition) is 2. The number of ether oxygens (including phenoxy) is 1. The summed E-state index contributed by atoms with van der Waals surface area (Å²) >= 11 is 5.82. The first-order valence-corrected chi connectivity index (χ1v) is 5.33. The van der Waals surface area contributed by atoms with Gasteiger partial charge in [-0.3, -0.25) is 0 Å². The molecule has 1 unspecified atom stereocenters. The Morgan fingerprint density at radius 1 is 1.44 bits per heavy atom. The summed E-state index contributed by atoms with van der Waals surface area (Å²) in [7, 11) is 0. The predicted octanol–water partition coefficient (Wildman–Crippen LogP) is 3.28. The molecule has 0 aliphatic heterocycles. The van der Waals surface area contributed by atoms with Crippen LogP contribution < -0.4 is 0 Å². The molecule has 0 aliphatic carbocycles. The van der Waals surface area contributed by atoms with Crippen molar-refractivity contribution in [2.75, 3.05) is 0 Å². The number of aliphatic carboxylic acids is 1. The SMILES string of the molecule is CC(C)(C)OC(C(=O)O)c1cccc(Cl)c1. The van der Waals surface area contributed by atoms with E-state index in [-0.39, 0.29) is 0 Å². The van der Waals surface area contributed by atoms with Crippen LogP contribution >= 0.6 is 11.6 Å². The first-order chi connectivity index (χ1) is 7.29. The van der Waals surface area contributed by atoms with E-state index < -0.39 is 17.7 Å². The lowest BCUT2D eigenvalue weighted by Crippen LogP contribution is -2.27. The quantitative estimate of drug-likeness (QED) is 0.885. The summed E-state index contributed by atoms with van der Waals surface area (Å²) in [5, 5.41) is 9.61. The molecule has 0 radical (unpaired) electrons. The summed E-state index contributed by atoms with van der Waals surface area (Å²) in [5.41, 5.74) is 0.0284. The molecule has 1 N–H and O–H groups in total. The number of carboxylic acids is 1. The first kappa shape index (κ1) is 13.0. The van der Waals surface area contributed by atoms with Crippen molar-refractivity contribution in [2.24, 2.45) is 0 Å². The molecule has 1 aromatic carbocycles. The van der Waals surface area contributed by atoms with Gasteiger partial charge in [-0.2, -0.15) is 0 Å². The fourth-order valence-electron chi connectivity index (χ4n) is 1.28. The maximum absolute atomic E-state index is 11.1. The summed E-state index contributed by atoms with van der Waals surface area (Å²) in [4.78, 5) is 11.1. The fraction of sp³-hybridized carbons (Fsp3) is 0.417. The number of hydrogen-bond donors (Lipinski definition) is 1. The van der Waals surface area contributed by atoms with Crippen LogP contribution in [-0.2, 0) is 9.53 Å². The Bertz CT molecular complexity index is 382. The van der Waals surface area contributed by atoms with Crippen molar-refractivity contribution in [3.05, 3.63) is 34.9 Å². The largest absolute Gasteiger partial charge is 0.479 e. The molecule has 0 saturated heterocycles. The van der Waals surface area contributed by atoms with E-state index in [1.54, 1.807) is 24.3 Å². The van der Waals surface area contributed by atoms with Gasteiger partial charge in [0, 0.05) is 5.02 Å². The average molecular weight is 243 g/mol. The highest BCUT2D eigenvalue weighted by molar-refractivity contribution is 6.30. The minimum atomic E-state index is -1.02. The van der Waals surface area contributed by atoms with E-state index in [1.807, 2.05) is 20.8 Å². The van der Waals surface area contributed by atoms with Crippen molar-refractivity contribution >= 4 is 17.6 Å². The molecule has 0 aliphatic rings. The summed E-state index contributed by atoms with van der Waals surface area (Å²) in [5.74, 6) is -1.02. The Morgan fingerprint density at radius 2 is 2.06 bits per heavy atom. The molecule has 1 aromatic rings. The highest BCUT2D eigenvalue weighted by Gasteiger charge is 2.26. The average Bonchev–Trinajstić information content (AvgIpc) is 2.12. The summed E-state index contributed by atoms with van der Waals surface area (Å²) < 4.78 is 5.48. The molecule has 3 nitrogen and oxygen atoms in total. The summed E-state index contributed by atoms with van der Waals surface area (Å²) in [6.45, 7) is 5.44. The van der Waals surface area contributed by atoms with Crippen molar-refractivity contribution in [1.29, 1.82) is 0 Å². The highest BCUT2D eigenvalue weighted by Crippen LogP contribution is 2.26. The fourth-order valence-corrected chi connectivity index (χ4v) is 1.48. The smallest absolute Gasteiger partial charge is 0.337 e. The second-order valence-corrected chi connectivity index (χ2v) is 4.94. The number of rotatable bonds is 3. The van der Waals surface area contributed by atoms with Crippen LogP contribution in [0.1, 0.15) is 32.4 Å². The monoisotopic (exact) mass is 242 g/mol. The lowest BCUT2D eigenvalue weighted by molar-refractivity contribution is -0.160. The third-order valence-corrected chi connectivity index (χ3v) is 2.08. The predicted molar refractivity (Wildman–Crippen MR) is 62.7 cm³/mol. The van der Waals surface area contributed by atoms with Crippen LogP contribution in [0.25, 0.3) is 0 Å². The van der Waals surface area contributed by atoms with Crippen LogP contribution in [0.5, 0.6) is 0 Å². The third-order valence-electron chi connectivity index (χ3n) is 1.85. The molecule has 0 bridgehead atoms. The second kappa shape index (κ2) is 4.85. The molecule has 0 aromatic heterocycles. The van der Waals surface area contributed by atoms with Crippen LogP contribution in [0, 0.1) is 0 Å². The van der Waals surface area contributed by atoms with Crippen LogP contribution in [0.4, 0.5) is 0 Å². The maximum Gasteiger partial charge on any atom is 0.337 e. The number of carbonyl (C=O) groups is 1. The van der Waals surface area contributed by atoms with E-state index in [2.05, 4.69) is 0 Å². The van der Waals surface area contributed by atoms with Gasteiger partial charge in [0.25, 0.3) is 0 Å². The molecule has 0 spiro atoms. The molecule has 1 atom stereocenters. The molecule has 0 saturated carbocycles. The summed E-state index contributed by atoms with van der Waals surface area (Å²) in [6.07, 6.45) is -0.987. The highest BCUT2D eigenvalue weighted by atomic mass is 35.5. The van der Waals surface area contributed by atoms with E-state index in [1.165, 1.54) is 0 Å². The van der Waals surface area contributed by atoms with Gasteiger partial charge in [0.1, 0.15) is 0 Å². The normalized spacial score (nSPS) is 13.5. The number of halogens is 1. The molecule has 0 fully saturated rings. The molecule has 4 heteroatoms. The minimum absolute atomic E-state index is 0.501. The molecule has 0 heterocycles. The Balaban J connectivity index is 2.99. The zero-order chi connectivity index (χ0) is 12.3. The van der Waals surface area contributed by atoms with Gasteiger partial charge in [0.15, 0.2) is 6.10 Å². The van der Waals surface area contributed by atoms with Crippen molar-refractivity contribution in [1.82, 2.24) is 0 Å². The van der Waals surface area contributed by atoms with E-state index >= 15 is 0 Å². The minimum Gasteiger partial charge on any atom is -0.479 e. The van der Waals surface area contributed by atoms with E-state index in [0.29, 0.717) is 10.6 Å². The van der Waals surface area contributed by atoms with Crippen LogP contribution in [0.15, 0.2) is 24.3 Å². The lowest BCUT2D eigenvalue weighted by atomic mass is 10.1. The van der Waals surface area contributed by atoms with Gasteiger partial charge in [-0.1, -0.05) is 23.7 Å². The van der Waals surface area contributed by atoms with Gasteiger partial charge in [0.2, 0.25) is 0 Å². The van der Waals surface area contributed by atoms with E-state index in [0.717, 1.165) is 0 Å². The van der Waals surface area contributed by atoms with E-state index in [9.17, 15) is 4.79 Å². The van der Waals surface area contributed by atoms with Gasteiger partial charge < -0.3 is 9.84 Å². The third kappa shape index (κ3) is 3.83. The Labute approximate surface area is 100.0 Å². The zero-order valence-corrected chi connectivity index (χ0v) is 10.3. The zero-order valence-electron chi connectivity index (χ0n) is 9.53. The Hall–Kier alpha value is -1.06.